The normalized spacial score (nSPS) is 17.2. The summed E-state index contributed by atoms with van der Waals surface area (Å²) in [6.45, 7) is 2.31. The van der Waals surface area contributed by atoms with E-state index in [0.717, 1.165) is 110 Å². The first kappa shape index (κ1) is 58.6. The van der Waals surface area contributed by atoms with Crippen molar-refractivity contribution in [3.05, 3.63) is 210 Å². The minimum absolute atomic E-state index is 0. The summed E-state index contributed by atoms with van der Waals surface area (Å²) in [4.78, 5) is 0. The van der Waals surface area contributed by atoms with Crippen molar-refractivity contribution in [3.8, 4) is 67.5 Å². The van der Waals surface area contributed by atoms with E-state index in [0.29, 0.717) is 49.2 Å². The van der Waals surface area contributed by atoms with E-state index in [9.17, 15) is 20.4 Å². The fourth-order valence-corrected chi connectivity index (χ4v) is 12.7. The molecule has 8 aromatic carbocycles. The van der Waals surface area contributed by atoms with Crippen molar-refractivity contribution in [1.29, 1.82) is 0 Å². The van der Waals surface area contributed by atoms with Gasteiger partial charge in [0.1, 0.15) is 23.0 Å². The number of phenols is 4. The molecule has 2 saturated carbocycles. The number of rotatable bonds is 16. The molecule has 0 saturated heterocycles. The zero-order chi connectivity index (χ0) is 53.0. The Balaban J connectivity index is 0.000000201. The Bertz CT molecular complexity index is 2770. The number of aromatic hydroxyl groups is 4. The summed E-state index contributed by atoms with van der Waals surface area (Å²) >= 11 is 14.5. The Morgan fingerprint density at radius 3 is 0.701 bits per heavy atom. The molecule has 396 valence electrons. The Kier molecular flexibility index (Phi) is 21.7. The molecule has 0 unspecified atom stereocenters. The van der Waals surface area contributed by atoms with Gasteiger partial charge in [0, 0.05) is 134 Å². The van der Waals surface area contributed by atoms with Crippen LogP contribution in [0.25, 0.3) is 44.5 Å². The van der Waals surface area contributed by atoms with Crippen LogP contribution in [0, 0.1) is 0 Å². The van der Waals surface area contributed by atoms with Crippen LogP contribution in [0.15, 0.2) is 188 Å². The minimum Gasteiger partial charge on any atom is -0.507 e. The van der Waals surface area contributed by atoms with Crippen molar-refractivity contribution in [2.75, 3.05) is 0 Å². The van der Waals surface area contributed by atoms with Gasteiger partial charge >= 0.3 is 0 Å². The van der Waals surface area contributed by atoms with Crippen LogP contribution >= 0.6 is 63.7 Å². The zero-order valence-corrected chi connectivity index (χ0v) is 50.7. The van der Waals surface area contributed by atoms with Gasteiger partial charge in [-0.2, -0.15) is 0 Å². The topological polar surface area (TPSA) is 129 Å². The Morgan fingerprint density at radius 2 is 0.506 bits per heavy atom. The number of hydrogen-bond acceptors (Lipinski definition) is 8. The molecule has 8 nitrogen and oxygen atoms in total. The molecule has 8 aromatic rings. The van der Waals surface area contributed by atoms with Gasteiger partial charge in [0.25, 0.3) is 0 Å². The Hall–Kier alpha value is -4.57. The van der Waals surface area contributed by atoms with E-state index in [-0.39, 0.29) is 45.9 Å². The van der Waals surface area contributed by atoms with Gasteiger partial charge in [0.2, 0.25) is 0 Å². The second kappa shape index (κ2) is 28.5. The zero-order valence-electron chi connectivity index (χ0n) is 42.8. The SMILES string of the molecule is Oc1c(CN[C@@H]2CCCC[C@H]2NCc2cc(Br)cc(-c3ccccc3)c2O)cc(Br)cc1-c1ccccc1.Oc1c(CN[C@@H]2CCCC[C@H]2NCc2cc(Br)cc(-c3ccccc3)c2O)cc(Br)cc1-c1ccccc1.[Ti]. The molecule has 2 aliphatic rings. The van der Waals surface area contributed by atoms with Gasteiger partial charge in [-0.25, -0.2) is 0 Å². The van der Waals surface area contributed by atoms with E-state index in [2.05, 4.69) is 85.0 Å². The fourth-order valence-electron chi connectivity index (χ4n) is 10.7. The number of hydrogen-bond donors (Lipinski definition) is 8. The monoisotopic (exact) mass is 1320 g/mol. The van der Waals surface area contributed by atoms with E-state index in [4.69, 9.17) is 0 Å². The molecule has 10 rings (SSSR count). The molecule has 0 bridgehead atoms. The van der Waals surface area contributed by atoms with Crippen LogP contribution in [0.5, 0.6) is 23.0 Å². The number of nitrogens with one attached hydrogen (secondary N) is 4. The number of halogens is 4. The van der Waals surface area contributed by atoms with Gasteiger partial charge in [0.05, 0.1) is 0 Å². The summed E-state index contributed by atoms with van der Waals surface area (Å²) in [7, 11) is 0. The molecule has 0 heterocycles. The maximum Gasteiger partial charge on any atom is 0.127 e. The largest absolute Gasteiger partial charge is 0.507 e. The van der Waals surface area contributed by atoms with Crippen molar-refractivity contribution in [2.24, 2.45) is 0 Å². The Morgan fingerprint density at radius 1 is 0.312 bits per heavy atom. The Labute approximate surface area is 502 Å². The fraction of sp³-hybridized carbons (Fsp3) is 0.250. The minimum atomic E-state index is 0. The molecule has 8 N–H and O–H groups in total. The van der Waals surface area contributed by atoms with E-state index in [1.165, 1.54) is 25.7 Å². The molecule has 0 radical (unpaired) electrons. The number of phenolic OH excluding ortho intramolecular Hbond substituents is 4. The smallest absolute Gasteiger partial charge is 0.127 e. The third kappa shape index (κ3) is 15.4. The van der Waals surface area contributed by atoms with Crippen LogP contribution in [0.3, 0.4) is 0 Å². The standard InChI is InChI=1S/2C32H32Br2N2O2.Ti/c2*33-25-15-23(31(37)27(17-25)21-9-3-1-4-10-21)19-35-29-13-7-8-14-30(29)36-20-24-16-26(34)18-28(32(24)38)22-11-5-2-6-12-22;/h2*1-6,9-12,15-18,29-30,35-38H,7-8,13-14,19-20H2;/t2*29-,30-;/m11./s1. The van der Waals surface area contributed by atoms with Crippen LogP contribution in [-0.4, -0.2) is 44.6 Å². The van der Waals surface area contributed by atoms with Crippen molar-refractivity contribution in [1.82, 2.24) is 21.3 Å². The van der Waals surface area contributed by atoms with Gasteiger partial charge in [-0.3, -0.25) is 0 Å². The van der Waals surface area contributed by atoms with Crippen LogP contribution in [0.2, 0.25) is 0 Å². The van der Waals surface area contributed by atoms with E-state index >= 15 is 0 Å². The van der Waals surface area contributed by atoms with E-state index in [1.54, 1.807) is 0 Å². The number of benzene rings is 8. The molecule has 77 heavy (non-hydrogen) atoms. The maximum absolute atomic E-state index is 11.1. The van der Waals surface area contributed by atoms with Crippen LogP contribution in [0.4, 0.5) is 0 Å². The first-order valence-corrected chi connectivity index (χ1v) is 29.4. The molecule has 0 amide bonds. The van der Waals surface area contributed by atoms with Crippen LogP contribution in [-0.2, 0) is 47.9 Å². The average molecular weight is 1320 g/mol. The van der Waals surface area contributed by atoms with E-state index in [1.807, 2.05) is 170 Å². The molecule has 13 heteroatoms. The van der Waals surface area contributed by atoms with Crippen molar-refractivity contribution < 1.29 is 42.1 Å². The molecule has 0 aliphatic heterocycles. The first-order chi connectivity index (χ1) is 37.0. The third-order valence-corrected chi connectivity index (χ3v) is 16.5. The molecular formula is C64H64Br4N4O4Ti. The molecular weight excluding hydrogens is 1260 g/mol. The van der Waals surface area contributed by atoms with Gasteiger partial charge < -0.3 is 41.7 Å². The second-order valence-corrected chi connectivity index (χ2v) is 23.5. The molecule has 4 atom stereocenters. The third-order valence-electron chi connectivity index (χ3n) is 14.7. The van der Waals surface area contributed by atoms with Gasteiger partial charge in [-0.15, -0.1) is 0 Å². The second-order valence-electron chi connectivity index (χ2n) is 19.8. The summed E-state index contributed by atoms with van der Waals surface area (Å²) in [5, 5.41) is 59.2. The summed E-state index contributed by atoms with van der Waals surface area (Å²) in [6.07, 6.45) is 8.97. The first-order valence-electron chi connectivity index (χ1n) is 26.2. The maximum atomic E-state index is 11.1. The van der Waals surface area contributed by atoms with Crippen molar-refractivity contribution in [3.63, 3.8) is 0 Å². The van der Waals surface area contributed by atoms with Crippen molar-refractivity contribution >= 4 is 63.7 Å². The van der Waals surface area contributed by atoms with Crippen LogP contribution in [0.1, 0.15) is 73.6 Å². The van der Waals surface area contributed by atoms with Gasteiger partial charge in [-0.05, 0) is 96.5 Å². The molecule has 0 aromatic heterocycles. The predicted molar refractivity (Wildman–Crippen MR) is 324 cm³/mol. The quantitative estimate of drug-likeness (QED) is 0.0449. The predicted octanol–water partition coefficient (Wildman–Crippen LogP) is 16.3. The van der Waals surface area contributed by atoms with Gasteiger partial charge in [0.15, 0.2) is 0 Å². The molecule has 0 spiro atoms. The molecule has 2 fully saturated rings. The summed E-state index contributed by atoms with van der Waals surface area (Å²) in [5.41, 5.74) is 10.8. The van der Waals surface area contributed by atoms with Gasteiger partial charge in [-0.1, -0.05) is 211 Å². The van der Waals surface area contributed by atoms with Crippen molar-refractivity contribution in [2.45, 2.75) is 102 Å². The van der Waals surface area contributed by atoms with Crippen LogP contribution < -0.4 is 21.3 Å². The summed E-state index contributed by atoms with van der Waals surface area (Å²) in [6, 6.07) is 56.8. The van der Waals surface area contributed by atoms with E-state index < -0.39 is 0 Å². The summed E-state index contributed by atoms with van der Waals surface area (Å²) in [5.74, 6) is 1.28. The molecule has 2 aliphatic carbocycles. The average Bonchev–Trinajstić information content (AvgIpc) is 3.45. The summed E-state index contributed by atoms with van der Waals surface area (Å²) < 4.78 is 3.79.